The van der Waals surface area contributed by atoms with E-state index in [1.165, 1.54) is 38.6 Å². The second-order valence-electron chi connectivity index (χ2n) is 6.01. The highest BCUT2D eigenvalue weighted by molar-refractivity contribution is 4.79. The van der Waals surface area contributed by atoms with Gasteiger partial charge in [0.1, 0.15) is 0 Å². The topological polar surface area (TPSA) is 38.5 Å². The average molecular weight is 240 g/mol. The molecular formula is C14H28N2O. The predicted molar refractivity (Wildman–Crippen MR) is 71.0 cm³/mol. The highest BCUT2D eigenvalue weighted by Crippen LogP contribution is 2.24. The lowest BCUT2D eigenvalue weighted by molar-refractivity contribution is 0.168. The highest BCUT2D eigenvalue weighted by atomic mass is 16.5. The molecule has 1 aliphatic carbocycles. The Kier molecular flexibility index (Phi) is 5.26. The lowest BCUT2D eigenvalue weighted by Crippen LogP contribution is -2.42. The zero-order valence-electron chi connectivity index (χ0n) is 11.2. The maximum Gasteiger partial charge on any atom is 0.0510 e. The van der Waals surface area contributed by atoms with Crippen molar-refractivity contribution < 1.29 is 4.74 Å². The van der Waals surface area contributed by atoms with Gasteiger partial charge in [-0.2, -0.15) is 0 Å². The van der Waals surface area contributed by atoms with Gasteiger partial charge in [0.15, 0.2) is 0 Å². The molecule has 0 aromatic rings. The van der Waals surface area contributed by atoms with E-state index in [0.29, 0.717) is 12.0 Å². The summed E-state index contributed by atoms with van der Waals surface area (Å²) in [4.78, 5) is 2.44. The first-order chi connectivity index (χ1) is 8.25. The molecule has 100 valence electrons. The Hall–Kier alpha value is -0.120. The number of ether oxygens (including phenoxy) is 1. The Balaban J connectivity index is 1.66. The molecule has 2 atom stereocenters. The third-order valence-electron chi connectivity index (χ3n) is 4.39. The molecule has 0 aromatic heterocycles. The van der Waals surface area contributed by atoms with Crippen LogP contribution in [0.15, 0.2) is 0 Å². The van der Waals surface area contributed by atoms with E-state index in [1.807, 2.05) is 0 Å². The standard InChI is InChI=1S/C14H28N2O/c1-16(9-12-5-3-2-4-6-12)10-14(15)13-7-8-17-11-13/h12-14H,2-11,15H2,1H3. The SMILES string of the molecule is CN(CC1CCCCC1)CC(N)C1CCOC1. The number of nitrogens with zero attached hydrogens (tertiary/aromatic N) is 1. The van der Waals surface area contributed by atoms with E-state index in [1.54, 1.807) is 0 Å². The van der Waals surface area contributed by atoms with Crippen molar-refractivity contribution in [3.05, 3.63) is 0 Å². The van der Waals surface area contributed by atoms with Gasteiger partial charge >= 0.3 is 0 Å². The van der Waals surface area contributed by atoms with Crippen molar-refractivity contribution in [2.24, 2.45) is 17.6 Å². The van der Waals surface area contributed by atoms with Crippen LogP contribution >= 0.6 is 0 Å². The normalized spacial score (nSPS) is 28.8. The van der Waals surface area contributed by atoms with Crippen LogP contribution in [-0.4, -0.2) is 44.3 Å². The van der Waals surface area contributed by atoms with Crippen LogP contribution in [-0.2, 0) is 4.74 Å². The van der Waals surface area contributed by atoms with E-state index in [4.69, 9.17) is 10.5 Å². The first-order valence-corrected chi connectivity index (χ1v) is 7.27. The van der Waals surface area contributed by atoms with Gasteiger partial charge in [-0.25, -0.2) is 0 Å². The van der Waals surface area contributed by atoms with Crippen molar-refractivity contribution in [1.29, 1.82) is 0 Å². The molecule has 2 fully saturated rings. The van der Waals surface area contributed by atoms with E-state index in [9.17, 15) is 0 Å². The van der Waals surface area contributed by atoms with E-state index in [2.05, 4.69) is 11.9 Å². The maximum atomic E-state index is 6.26. The van der Waals surface area contributed by atoms with Crippen molar-refractivity contribution in [3.63, 3.8) is 0 Å². The molecule has 3 nitrogen and oxygen atoms in total. The van der Waals surface area contributed by atoms with Gasteiger partial charge in [-0.1, -0.05) is 19.3 Å². The van der Waals surface area contributed by atoms with Gasteiger partial charge in [0.25, 0.3) is 0 Å². The molecule has 2 aliphatic rings. The minimum Gasteiger partial charge on any atom is -0.381 e. The van der Waals surface area contributed by atoms with E-state index in [-0.39, 0.29) is 0 Å². The van der Waals surface area contributed by atoms with Crippen molar-refractivity contribution in [3.8, 4) is 0 Å². The molecule has 2 unspecified atom stereocenters. The quantitative estimate of drug-likeness (QED) is 0.797. The Morgan fingerprint density at radius 2 is 2.00 bits per heavy atom. The lowest BCUT2D eigenvalue weighted by atomic mass is 9.89. The van der Waals surface area contributed by atoms with Crippen LogP contribution in [0, 0.1) is 11.8 Å². The number of nitrogens with two attached hydrogens (primary N) is 1. The summed E-state index contributed by atoms with van der Waals surface area (Å²) in [6, 6.07) is 0.297. The fraction of sp³-hybridized carbons (Fsp3) is 1.00. The van der Waals surface area contributed by atoms with E-state index < -0.39 is 0 Å². The van der Waals surface area contributed by atoms with Gasteiger partial charge in [-0.3, -0.25) is 0 Å². The fourth-order valence-corrected chi connectivity index (χ4v) is 3.28. The maximum absolute atomic E-state index is 6.26. The van der Waals surface area contributed by atoms with Crippen LogP contribution in [0.25, 0.3) is 0 Å². The van der Waals surface area contributed by atoms with E-state index in [0.717, 1.165) is 32.1 Å². The van der Waals surface area contributed by atoms with Crippen LogP contribution < -0.4 is 5.73 Å². The molecule has 2 N–H and O–H groups in total. The number of likely N-dealkylation sites (N-methyl/N-ethyl adjacent to an activating group) is 1. The van der Waals surface area contributed by atoms with Crippen LogP contribution in [0.4, 0.5) is 0 Å². The zero-order chi connectivity index (χ0) is 12.1. The van der Waals surface area contributed by atoms with Gasteiger partial charge in [0.05, 0.1) is 6.61 Å². The summed E-state index contributed by atoms with van der Waals surface area (Å²) in [5.74, 6) is 1.50. The Labute approximate surface area is 106 Å². The van der Waals surface area contributed by atoms with Crippen molar-refractivity contribution in [2.45, 2.75) is 44.6 Å². The second kappa shape index (κ2) is 6.72. The Morgan fingerprint density at radius 1 is 1.24 bits per heavy atom. The van der Waals surface area contributed by atoms with Crippen LogP contribution in [0.2, 0.25) is 0 Å². The molecule has 1 heterocycles. The molecule has 0 aromatic carbocycles. The highest BCUT2D eigenvalue weighted by Gasteiger charge is 2.24. The number of hydrogen-bond acceptors (Lipinski definition) is 3. The molecule has 17 heavy (non-hydrogen) atoms. The van der Waals surface area contributed by atoms with Gasteiger partial charge in [0, 0.05) is 31.7 Å². The molecule has 0 radical (unpaired) electrons. The molecule has 1 saturated carbocycles. The monoisotopic (exact) mass is 240 g/mol. The Morgan fingerprint density at radius 3 is 2.65 bits per heavy atom. The van der Waals surface area contributed by atoms with Crippen molar-refractivity contribution in [2.75, 3.05) is 33.4 Å². The summed E-state index contributed by atoms with van der Waals surface area (Å²) in [6.07, 6.45) is 8.30. The molecular weight excluding hydrogens is 212 g/mol. The summed E-state index contributed by atoms with van der Waals surface area (Å²) >= 11 is 0. The third kappa shape index (κ3) is 4.23. The van der Waals surface area contributed by atoms with Gasteiger partial charge in [-0.05, 0) is 32.2 Å². The first-order valence-electron chi connectivity index (χ1n) is 7.27. The molecule has 2 rings (SSSR count). The predicted octanol–water partition coefficient (Wildman–Crippen LogP) is 1.86. The first kappa shape index (κ1) is 13.3. The van der Waals surface area contributed by atoms with Gasteiger partial charge < -0.3 is 15.4 Å². The van der Waals surface area contributed by atoms with Gasteiger partial charge in [-0.15, -0.1) is 0 Å². The third-order valence-corrected chi connectivity index (χ3v) is 4.39. The lowest BCUT2D eigenvalue weighted by Gasteiger charge is -2.30. The molecule has 1 saturated heterocycles. The molecule has 0 amide bonds. The number of hydrogen-bond donors (Lipinski definition) is 1. The Bertz CT molecular complexity index is 210. The van der Waals surface area contributed by atoms with Crippen LogP contribution in [0.1, 0.15) is 38.5 Å². The number of rotatable bonds is 5. The van der Waals surface area contributed by atoms with Crippen LogP contribution in [0.5, 0.6) is 0 Å². The minimum atomic E-state index is 0.297. The summed E-state index contributed by atoms with van der Waals surface area (Å²) in [5, 5.41) is 0. The second-order valence-corrected chi connectivity index (χ2v) is 6.01. The summed E-state index contributed by atoms with van der Waals surface area (Å²) < 4.78 is 5.41. The summed E-state index contributed by atoms with van der Waals surface area (Å²) in [5.41, 5.74) is 6.26. The molecule has 0 bridgehead atoms. The van der Waals surface area contributed by atoms with Crippen molar-refractivity contribution >= 4 is 0 Å². The van der Waals surface area contributed by atoms with Gasteiger partial charge in [0.2, 0.25) is 0 Å². The minimum absolute atomic E-state index is 0.297. The summed E-state index contributed by atoms with van der Waals surface area (Å²) in [7, 11) is 2.23. The van der Waals surface area contributed by atoms with E-state index >= 15 is 0 Å². The fourth-order valence-electron chi connectivity index (χ4n) is 3.28. The molecule has 3 heteroatoms. The molecule has 0 spiro atoms. The van der Waals surface area contributed by atoms with Crippen molar-refractivity contribution in [1.82, 2.24) is 4.90 Å². The average Bonchev–Trinajstić information content (AvgIpc) is 2.83. The smallest absolute Gasteiger partial charge is 0.0510 e. The zero-order valence-corrected chi connectivity index (χ0v) is 11.2. The molecule has 1 aliphatic heterocycles. The largest absolute Gasteiger partial charge is 0.381 e. The van der Waals surface area contributed by atoms with Crippen LogP contribution in [0.3, 0.4) is 0 Å². The summed E-state index contributed by atoms with van der Waals surface area (Å²) in [6.45, 7) is 4.05.